The predicted octanol–water partition coefficient (Wildman–Crippen LogP) is 4.54. The van der Waals surface area contributed by atoms with E-state index >= 15 is 0 Å². The number of ether oxygens (including phenoxy) is 1. The molecule has 3 aromatic rings. The second kappa shape index (κ2) is 9.33. The molecule has 0 unspecified atom stereocenters. The molecule has 0 aliphatic heterocycles. The molecular formula is C21H22N4O2. The molecule has 0 radical (unpaired) electrons. The molecule has 0 bridgehead atoms. The zero-order valence-corrected chi connectivity index (χ0v) is 15.2. The molecule has 0 aliphatic rings. The number of carbonyl (C=O) groups is 1. The van der Waals surface area contributed by atoms with Crippen molar-refractivity contribution in [1.82, 2.24) is 15.3 Å². The summed E-state index contributed by atoms with van der Waals surface area (Å²) in [4.78, 5) is 20.5. The number of para-hydroxylation sites is 1. The van der Waals surface area contributed by atoms with Gasteiger partial charge in [-0.3, -0.25) is 4.79 Å². The van der Waals surface area contributed by atoms with E-state index in [-0.39, 0.29) is 5.91 Å². The molecular weight excluding hydrogens is 340 g/mol. The lowest BCUT2D eigenvalue weighted by molar-refractivity contribution is 0.0948. The van der Waals surface area contributed by atoms with Crippen LogP contribution in [0.1, 0.15) is 30.3 Å². The van der Waals surface area contributed by atoms with Gasteiger partial charge in [0.15, 0.2) is 0 Å². The summed E-state index contributed by atoms with van der Waals surface area (Å²) >= 11 is 0. The lowest BCUT2D eigenvalue weighted by Gasteiger charge is -2.09. The van der Waals surface area contributed by atoms with Crippen molar-refractivity contribution in [2.75, 3.05) is 11.9 Å². The van der Waals surface area contributed by atoms with Crippen LogP contribution in [-0.2, 0) is 0 Å². The van der Waals surface area contributed by atoms with Crippen LogP contribution in [0.4, 0.5) is 11.6 Å². The Labute approximate surface area is 158 Å². The fraction of sp³-hybridized carbons (Fsp3) is 0.190. The Hall–Kier alpha value is -3.41. The number of nitrogens with one attached hydrogen (secondary N) is 2. The SMILES string of the molecule is CCCCNC(=O)c1ccnc(Nc2ccc(Oc3ccccc3)cc2)n1. The highest BCUT2D eigenvalue weighted by atomic mass is 16.5. The van der Waals surface area contributed by atoms with Crippen LogP contribution in [0.2, 0.25) is 0 Å². The number of benzene rings is 2. The number of amides is 1. The van der Waals surface area contributed by atoms with Gasteiger partial charge in [-0.05, 0) is 48.9 Å². The number of carbonyl (C=O) groups excluding carboxylic acids is 1. The summed E-state index contributed by atoms with van der Waals surface area (Å²) in [6, 6.07) is 18.6. The van der Waals surface area contributed by atoms with Crippen molar-refractivity contribution < 1.29 is 9.53 Å². The van der Waals surface area contributed by atoms with E-state index in [9.17, 15) is 4.79 Å². The fourth-order valence-corrected chi connectivity index (χ4v) is 2.37. The first-order chi connectivity index (χ1) is 13.2. The van der Waals surface area contributed by atoms with Gasteiger partial charge in [0, 0.05) is 18.4 Å². The number of anilines is 2. The molecule has 0 spiro atoms. The van der Waals surface area contributed by atoms with Gasteiger partial charge in [-0.25, -0.2) is 9.97 Å². The largest absolute Gasteiger partial charge is 0.457 e. The summed E-state index contributed by atoms with van der Waals surface area (Å²) in [5.41, 5.74) is 1.14. The highest BCUT2D eigenvalue weighted by molar-refractivity contribution is 5.92. The van der Waals surface area contributed by atoms with Gasteiger partial charge < -0.3 is 15.4 Å². The summed E-state index contributed by atoms with van der Waals surface area (Å²) in [6.45, 7) is 2.72. The standard InChI is InChI=1S/C21H22N4O2/c1-2-3-14-22-20(26)19-13-15-23-21(25-19)24-16-9-11-18(12-10-16)27-17-7-5-4-6-8-17/h4-13,15H,2-3,14H2,1H3,(H,22,26)(H,23,24,25). The molecule has 0 fully saturated rings. The second-order valence-electron chi connectivity index (χ2n) is 5.94. The van der Waals surface area contributed by atoms with Crippen molar-refractivity contribution in [1.29, 1.82) is 0 Å². The average molecular weight is 362 g/mol. The molecule has 0 saturated carbocycles. The van der Waals surface area contributed by atoms with Gasteiger partial charge >= 0.3 is 0 Å². The van der Waals surface area contributed by atoms with E-state index < -0.39 is 0 Å². The maximum atomic E-state index is 12.1. The summed E-state index contributed by atoms with van der Waals surface area (Å²) in [5, 5.41) is 5.95. The third kappa shape index (κ3) is 5.54. The molecule has 1 amide bonds. The van der Waals surface area contributed by atoms with E-state index in [2.05, 4.69) is 27.5 Å². The normalized spacial score (nSPS) is 10.3. The molecule has 0 aliphatic carbocycles. The Bertz CT molecular complexity index is 867. The van der Waals surface area contributed by atoms with Crippen LogP contribution in [0.25, 0.3) is 0 Å². The van der Waals surface area contributed by atoms with Crippen molar-refractivity contribution in [3.63, 3.8) is 0 Å². The first kappa shape index (κ1) is 18.4. The van der Waals surface area contributed by atoms with Crippen LogP contribution in [0, 0.1) is 0 Å². The molecule has 1 heterocycles. The third-order valence-electron chi connectivity index (χ3n) is 3.79. The van der Waals surface area contributed by atoms with Crippen LogP contribution >= 0.6 is 0 Å². The van der Waals surface area contributed by atoms with E-state index in [1.165, 1.54) is 0 Å². The van der Waals surface area contributed by atoms with E-state index in [4.69, 9.17) is 4.74 Å². The van der Waals surface area contributed by atoms with Gasteiger partial charge in [-0.2, -0.15) is 0 Å². The molecule has 3 rings (SSSR count). The number of rotatable bonds is 8. The van der Waals surface area contributed by atoms with E-state index in [1.54, 1.807) is 12.3 Å². The first-order valence-corrected chi connectivity index (χ1v) is 8.96. The molecule has 6 nitrogen and oxygen atoms in total. The minimum absolute atomic E-state index is 0.194. The van der Waals surface area contributed by atoms with Gasteiger partial charge in [0.05, 0.1) is 0 Å². The maximum absolute atomic E-state index is 12.1. The highest BCUT2D eigenvalue weighted by Gasteiger charge is 2.08. The Morgan fingerprint density at radius 3 is 2.48 bits per heavy atom. The predicted molar refractivity (Wildman–Crippen MR) is 106 cm³/mol. The third-order valence-corrected chi connectivity index (χ3v) is 3.79. The Morgan fingerprint density at radius 2 is 1.74 bits per heavy atom. The summed E-state index contributed by atoms with van der Waals surface area (Å²) in [5.74, 6) is 1.69. The van der Waals surface area contributed by atoms with Crippen LogP contribution in [0.3, 0.4) is 0 Å². The smallest absolute Gasteiger partial charge is 0.270 e. The van der Waals surface area contributed by atoms with Gasteiger partial charge in [0.25, 0.3) is 5.91 Å². The Morgan fingerprint density at radius 1 is 1.00 bits per heavy atom. The average Bonchev–Trinajstić information content (AvgIpc) is 2.71. The summed E-state index contributed by atoms with van der Waals surface area (Å²) < 4.78 is 5.77. The monoisotopic (exact) mass is 362 g/mol. The molecule has 27 heavy (non-hydrogen) atoms. The highest BCUT2D eigenvalue weighted by Crippen LogP contribution is 2.23. The van der Waals surface area contributed by atoms with E-state index in [0.717, 1.165) is 30.0 Å². The van der Waals surface area contributed by atoms with Gasteiger partial charge in [-0.1, -0.05) is 31.5 Å². The van der Waals surface area contributed by atoms with Crippen molar-refractivity contribution in [2.45, 2.75) is 19.8 Å². The van der Waals surface area contributed by atoms with Gasteiger partial charge in [0.1, 0.15) is 17.2 Å². The summed E-state index contributed by atoms with van der Waals surface area (Å²) in [6.07, 6.45) is 3.54. The minimum Gasteiger partial charge on any atom is -0.457 e. The zero-order valence-electron chi connectivity index (χ0n) is 15.2. The molecule has 1 aromatic heterocycles. The zero-order chi connectivity index (χ0) is 18.9. The number of hydrogen-bond donors (Lipinski definition) is 2. The van der Waals surface area contributed by atoms with Crippen molar-refractivity contribution in [3.05, 3.63) is 72.6 Å². The number of hydrogen-bond acceptors (Lipinski definition) is 5. The van der Waals surface area contributed by atoms with Gasteiger partial charge in [0.2, 0.25) is 5.95 Å². The number of nitrogens with zero attached hydrogens (tertiary/aromatic N) is 2. The van der Waals surface area contributed by atoms with Crippen LogP contribution in [-0.4, -0.2) is 22.4 Å². The molecule has 138 valence electrons. The minimum atomic E-state index is -0.194. The van der Waals surface area contributed by atoms with Crippen molar-refractivity contribution in [3.8, 4) is 11.5 Å². The van der Waals surface area contributed by atoms with Crippen LogP contribution in [0.5, 0.6) is 11.5 Å². The molecule has 6 heteroatoms. The Balaban J connectivity index is 1.61. The number of unbranched alkanes of at least 4 members (excludes halogenated alkanes) is 1. The lowest BCUT2D eigenvalue weighted by Crippen LogP contribution is -2.25. The molecule has 2 N–H and O–H groups in total. The molecule has 2 aromatic carbocycles. The maximum Gasteiger partial charge on any atom is 0.270 e. The fourth-order valence-electron chi connectivity index (χ4n) is 2.37. The first-order valence-electron chi connectivity index (χ1n) is 8.96. The van der Waals surface area contributed by atoms with Crippen LogP contribution < -0.4 is 15.4 Å². The van der Waals surface area contributed by atoms with Gasteiger partial charge in [-0.15, -0.1) is 0 Å². The van der Waals surface area contributed by atoms with Crippen LogP contribution in [0.15, 0.2) is 66.9 Å². The quantitative estimate of drug-likeness (QED) is 0.575. The van der Waals surface area contributed by atoms with E-state index in [0.29, 0.717) is 18.2 Å². The summed E-state index contributed by atoms with van der Waals surface area (Å²) in [7, 11) is 0. The molecule has 0 atom stereocenters. The van der Waals surface area contributed by atoms with Crippen molar-refractivity contribution >= 4 is 17.5 Å². The Kier molecular flexibility index (Phi) is 6.35. The molecule has 0 saturated heterocycles. The topological polar surface area (TPSA) is 76.1 Å². The number of aromatic nitrogens is 2. The lowest BCUT2D eigenvalue weighted by atomic mass is 10.3. The van der Waals surface area contributed by atoms with E-state index in [1.807, 2.05) is 54.6 Å². The second-order valence-corrected chi connectivity index (χ2v) is 5.94. The van der Waals surface area contributed by atoms with Crippen molar-refractivity contribution in [2.24, 2.45) is 0 Å².